The molecule has 1 aromatic heterocycles. The number of hydrogen-bond donors (Lipinski definition) is 2. The van der Waals surface area contributed by atoms with E-state index in [1.165, 1.54) is 10.4 Å². The van der Waals surface area contributed by atoms with Crippen LogP contribution in [-0.2, 0) is 22.5 Å². The summed E-state index contributed by atoms with van der Waals surface area (Å²) in [4.78, 5) is 20.0. The average Bonchev–Trinajstić information content (AvgIpc) is 3.10. The molecule has 2 heterocycles. The maximum absolute atomic E-state index is 12.5. The number of amides is 1. The van der Waals surface area contributed by atoms with Gasteiger partial charge >= 0.3 is 0 Å². The molecule has 0 fully saturated rings. The number of rotatable bonds is 8. The second-order valence-electron chi connectivity index (χ2n) is 6.81. The number of thiophene rings is 1. The van der Waals surface area contributed by atoms with Gasteiger partial charge < -0.3 is 20.3 Å². The molecule has 0 aromatic carbocycles. The lowest BCUT2D eigenvalue weighted by atomic mass is 10.0. The van der Waals surface area contributed by atoms with Gasteiger partial charge in [0, 0.05) is 38.2 Å². The Morgan fingerprint density at radius 2 is 2.19 bits per heavy atom. The molecule has 2 N–H and O–H groups in total. The van der Waals surface area contributed by atoms with Gasteiger partial charge in [0.05, 0.1) is 12.6 Å². The van der Waals surface area contributed by atoms with Crippen LogP contribution in [0.1, 0.15) is 37.6 Å². The molecule has 0 bridgehead atoms. The van der Waals surface area contributed by atoms with Crippen molar-refractivity contribution in [3.8, 4) is 0 Å². The Balaban J connectivity index is 0.00000364. The van der Waals surface area contributed by atoms with E-state index < -0.39 is 0 Å². The van der Waals surface area contributed by atoms with Crippen LogP contribution in [0.3, 0.4) is 0 Å². The van der Waals surface area contributed by atoms with E-state index in [9.17, 15) is 4.79 Å². The Morgan fingerprint density at radius 1 is 1.41 bits per heavy atom. The monoisotopic (exact) mass is 508 g/mol. The highest BCUT2D eigenvalue weighted by Gasteiger charge is 2.21. The van der Waals surface area contributed by atoms with Gasteiger partial charge in [0.15, 0.2) is 5.96 Å². The molecule has 1 aromatic rings. The van der Waals surface area contributed by atoms with Crippen molar-refractivity contribution in [1.82, 2.24) is 15.5 Å². The van der Waals surface area contributed by atoms with Crippen LogP contribution in [0.4, 0.5) is 0 Å². The van der Waals surface area contributed by atoms with Crippen LogP contribution in [0.15, 0.2) is 16.4 Å². The van der Waals surface area contributed by atoms with Crippen LogP contribution in [0.25, 0.3) is 0 Å². The lowest BCUT2D eigenvalue weighted by Gasteiger charge is -2.27. The average molecular weight is 508 g/mol. The summed E-state index contributed by atoms with van der Waals surface area (Å²) in [5, 5.41) is 8.51. The summed E-state index contributed by atoms with van der Waals surface area (Å²) in [5.74, 6) is 1.25. The first-order valence-electron chi connectivity index (χ1n) is 9.44. The van der Waals surface area contributed by atoms with Crippen molar-refractivity contribution in [3.63, 3.8) is 0 Å². The van der Waals surface area contributed by atoms with E-state index in [0.29, 0.717) is 11.9 Å². The van der Waals surface area contributed by atoms with Crippen molar-refractivity contribution in [2.45, 2.75) is 46.3 Å². The number of guanidine groups is 1. The Hall–Kier alpha value is -0.870. The van der Waals surface area contributed by atoms with Gasteiger partial charge in [0.2, 0.25) is 5.91 Å². The molecular formula is C19H33IN4O2S. The summed E-state index contributed by atoms with van der Waals surface area (Å²) in [6.07, 6.45) is 2.10. The predicted octanol–water partition coefficient (Wildman–Crippen LogP) is 2.87. The quantitative estimate of drug-likeness (QED) is 0.322. The minimum absolute atomic E-state index is 0. The van der Waals surface area contributed by atoms with Gasteiger partial charge in [-0.25, -0.2) is 0 Å². The molecule has 1 aliphatic heterocycles. The third-order valence-corrected chi connectivity index (χ3v) is 5.66. The lowest BCUT2D eigenvalue weighted by Crippen LogP contribution is -2.46. The van der Waals surface area contributed by atoms with Gasteiger partial charge in [-0.2, -0.15) is 0 Å². The number of ether oxygens (including phenoxy) is 1. The summed E-state index contributed by atoms with van der Waals surface area (Å²) in [7, 11) is 1.72. The van der Waals surface area contributed by atoms with Crippen molar-refractivity contribution in [3.05, 3.63) is 21.9 Å². The van der Waals surface area contributed by atoms with Gasteiger partial charge in [-0.15, -0.1) is 35.3 Å². The largest absolute Gasteiger partial charge is 0.378 e. The normalized spacial score (nSPS) is 15.1. The highest BCUT2D eigenvalue weighted by Crippen LogP contribution is 2.23. The number of hydrogen-bond acceptors (Lipinski definition) is 4. The van der Waals surface area contributed by atoms with Crippen LogP contribution in [0.5, 0.6) is 0 Å². The number of nitrogens with one attached hydrogen (secondary N) is 2. The number of nitrogens with zero attached hydrogens (tertiary/aromatic N) is 2. The first-order chi connectivity index (χ1) is 12.5. The van der Waals surface area contributed by atoms with Crippen molar-refractivity contribution in [1.29, 1.82) is 0 Å². The number of halogens is 1. The minimum atomic E-state index is 0. The summed E-state index contributed by atoms with van der Waals surface area (Å²) < 4.78 is 5.76. The van der Waals surface area contributed by atoms with Crippen molar-refractivity contribution >= 4 is 47.2 Å². The fourth-order valence-corrected chi connectivity index (χ4v) is 4.00. The number of carbonyl (C=O) groups excluding carboxylic acids is 1. The maximum Gasteiger partial charge on any atom is 0.242 e. The number of fused-ring (bicyclic) bond motifs is 1. The molecule has 1 aliphatic rings. The van der Waals surface area contributed by atoms with E-state index in [1.54, 1.807) is 18.4 Å². The first-order valence-corrected chi connectivity index (χ1v) is 10.3. The summed E-state index contributed by atoms with van der Waals surface area (Å²) in [5.41, 5.74) is 1.28. The fourth-order valence-electron chi connectivity index (χ4n) is 3.11. The first kappa shape index (κ1) is 24.2. The van der Waals surface area contributed by atoms with Crippen molar-refractivity contribution in [2.24, 2.45) is 10.9 Å². The molecule has 8 heteroatoms. The Kier molecular flexibility index (Phi) is 11.2. The molecule has 0 aliphatic carbocycles. The molecule has 1 atom stereocenters. The van der Waals surface area contributed by atoms with Crippen LogP contribution < -0.4 is 10.6 Å². The molecule has 0 saturated heterocycles. The molecule has 2 rings (SSSR count). The second kappa shape index (κ2) is 12.6. The van der Waals surface area contributed by atoms with E-state index in [-0.39, 0.29) is 42.5 Å². The number of carbonyl (C=O) groups is 1. The molecule has 6 nitrogen and oxygen atoms in total. The van der Waals surface area contributed by atoms with Gasteiger partial charge in [-0.05, 0) is 42.7 Å². The van der Waals surface area contributed by atoms with Crippen LogP contribution in [0.2, 0.25) is 0 Å². The Labute approximate surface area is 184 Å². The summed E-state index contributed by atoms with van der Waals surface area (Å²) in [6, 6.07) is 2.12. The SMILES string of the molecule is CCOC(CCNC(=NC)NCC(=O)N1CCc2sccc2C1)C(C)C.I. The molecule has 0 spiro atoms. The van der Waals surface area contributed by atoms with Gasteiger partial charge in [0.25, 0.3) is 0 Å². The maximum atomic E-state index is 12.5. The molecule has 154 valence electrons. The van der Waals surface area contributed by atoms with E-state index in [2.05, 4.69) is 40.9 Å². The molecule has 27 heavy (non-hydrogen) atoms. The molecule has 1 amide bonds. The second-order valence-corrected chi connectivity index (χ2v) is 7.81. The van der Waals surface area contributed by atoms with Crippen LogP contribution in [-0.4, -0.2) is 56.2 Å². The highest BCUT2D eigenvalue weighted by molar-refractivity contribution is 14.0. The van der Waals surface area contributed by atoms with E-state index in [0.717, 1.165) is 39.1 Å². The van der Waals surface area contributed by atoms with E-state index in [4.69, 9.17) is 4.74 Å². The fraction of sp³-hybridized carbons (Fsp3) is 0.684. The molecule has 0 radical (unpaired) electrons. The minimum Gasteiger partial charge on any atom is -0.378 e. The standard InChI is InChI=1S/C19H32N4O2S.HI/c1-5-25-16(14(2)3)6-9-21-19(20-4)22-12-18(24)23-10-7-17-15(13-23)8-11-26-17;/h8,11,14,16H,5-7,9-10,12-13H2,1-4H3,(H2,20,21,22);1H. The Morgan fingerprint density at radius 3 is 2.85 bits per heavy atom. The predicted molar refractivity (Wildman–Crippen MR) is 123 cm³/mol. The van der Waals surface area contributed by atoms with Gasteiger partial charge in [-0.3, -0.25) is 9.79 Å². The summed E-state index contributed by atoms with van der Waals surface area (Å²) >= 11 is 1.78. The van der Waals surface area contributed by atoms with Gasteiger partial charge in [0.1, 0.15) is 0 Å². The topological polar surface area (TPSA) is 66.0 Å². The third-order valence-electron chi connectivity index (χ3n) is 4.64. The smallest absolute Gasteiger partial charge is 0.242 e. The molecule has 0 saturated carbocycles. The zero-order chi connectivity index (χ0) is 18.9. The van der Waals surface area contributed by atoms with E-state index in [1.807, 2.05) is 11.8 Å². The van der Waals surface area contributed by atoms with Crippen LogP contribution in [0, 0.1) is 5.92 Å². The zero-order valence-electron chi connectivity index (χ0n) is 16.8. The molecule has 1 unspecified atom stereocenters. The number of aliphatic imine (C=N–C) groups is 1. The highest BCUT2D eigenvalue weighted by atomic mass is 127. The summed E-state index contributed by atoms with van der Waals surface area (Å²) in [6.45, 7) is 9.63. The van der Waals surface area contributed by atoms with Crippen molar-refractivity contribution < 1.29 is 9.53 Å². The van der Waals surface area contributed by atoms with Crippen molar-refractivity contribution in [2.75, 3.05) is 33.3 Å². The van der Waals surface area contributed by atoms with Gasteiger partial charge in [-0.1, -0.05) is 13.8 Å². The lowest BCUT2D eigenvalue weighted by molar-refractivity contribution is -0.130. The van der Waals surface area contributed by atoms with Crippen LogP contribution >= 0.6 is 35.3 Å². The molecular weight excluding hydrogens is 475 g/mol. The zero-order valence-corrected chi connectivity index (χ0v) is 19.9. The van der Waals surface area contributed by atoms with E-state index >= 15 is 0 Å². The Bertz CT molecular complexity index is 606. The third kappa shape index (κ3) is 7.57.